The lowest BCUT2D eigenvalue weighted by molar-refractivity contribution is -0.118. The molecule has 1 aromatic carbocycles. The standard InChI is InChI=1S/C15H13FN4O5/c16-10-6-4-9(5-7-10)14(23)18-19-25-15(24)11-2-1-3-13(22)20(11)8-12(17)21/h1-7,19H,8H2,(H2,17,21)(H,18,23). The summed E-state index contributed by atoms with van der Waals surface area (Å²) in [5.41, 5.74) is 8.27. The molecule has 0 aliphatic carbocycles. The van der Waals surface area contributed by atoms with Crippen LogP contribution in [0.15, 0.2) is 47.3 Å². The maximum Gasteiger partial charge on any atom is 0.375 e. The molecule has 0 bridgehead atoms. The van der Waals surface area contributed by atoms with Crippen molar-refractivity contribution in [2.45, 2.75) is 6.54 Å². The van der Waals surface area contributed by atoms with Crippen molar-refractivity contribution in [3.63, 3.8) is 0 Å². The number of aromatic nitrogens is 1. The molecule has 0 saturated carbocycles. The Labute approximate surface area is 140 Å². The average molecular weight is 348 g/mol. The minimum atomic E-state index is -1.03. The van der Waals surface area contributed by atoms with Crippen molar-refractivity contribution in [3.05, 3.63) is 69.9 Å². The van der Waals surface area contributed by atoms with E-state index in [2.05, 4.69) is 10.3 Å². The van der Waals surface area contributed by atoms with Crippen LogP contribution in [0.2, 0.25) is 0 Å². The molecule has 25 heavy (non-hydrogen) atoms. The van der Waals surface area contributed by atoms with Crippen molar-refractivity contribution in [1.82, 2.24) is 15.6 Å². The van der Waals surface area contributed by atoms with Gasteiger partial charge in [0.05, 0.1) is 0 Å². The van der Waals surface area contributed by atoms with Crippen LogP contribution in [0.5, 0.6) is 0 Å². The summed E-state index contributed by atoms with van der Waals surface area (Å²) in [6.45, 7) is -0.508. The van der Waals surface area contributed by atoms with Gasteiger partial charge in [0, 0.05) is 11.6 Å². The number of nitrogens with zero attached hydrogens (tertiary/aromatic N) is 1. The lowest BCUT2D eigenvalue weighted by Crippen LogP contribution is -2.40. The molecule has 9 nitrogen and oxygen atoms in total. The van der Waals surface area contributed by atoms with E-state index < -0.39 is 35.7 Å². The topological polar surface area (TPSA) is 133 Å². The number of nitrogens with one attached hydrogen (secondary N) is 2. The number of pyridine rings is 1. The van der Waals surface area contributed by atoms with Crippen LogP contribution >= 0.6 is 0 Å². The van der Waals surface area contributed by atoms with Crippen molar-refractivity contribution in [3.8, 4) is 0 Å². The van der Waals surface area contributed by atoms with Crippen LogP contribution in [0.4, 0.5) is 4.39 Å². The van der Waals surface area contributed by atoms with E-state index in [1.165, 1.54) is 24.3 Å². The first-order valence-corrected chi connectivity index (χ1v) is 6.88. The summed E-state index contributed by atoms with van der Waals surface area (Å²) in [6.07, 6.45) is 0. The quantitative estimate of drug-likeness (QED) is 0.602. The number of amides is 2. The van der Waals surface area contributed by atoms with E-state index in [1.54, 1.807) is 0 Å². The van der Waals surface area contributed by atoms with Crippen molar-refractivity contribution >= 4 is 17.8 Å². The van der Waals surface area contributed by atoms with E-state index in [0.717, 1.165) is 22.8 Å². The average Bonchev–Trinajstić information content (AvgIpc) is 2.56. The number of primary amides is 1. The number of carbonyl (C=O) groups is 3. The fourth-order valence-electron chi connectivity index (χ4n) is 1.86. The molecule has 0 unspecified atom stereocenters. The third-order valence-electron chi connectivity index (χ3n) is 2.99. The van der Waals surface area contributed by atoms with Gasteiger partial charge in [-0.1, -0.05) is 11.7 Å². The largest absolute Gasteiger partial charge is 0.375 e. The predicted molar refractivity (Wildman–Crippen MR) is 82.3 cm³/mol. The number of nitrogens with two attached hydrogens (primary N) is 1. The van der Waals surface area contributed by atoms with Gasteiger partial charge in [-0.3, -0.25) is 24.4 Å². The molecule has 0 spiro atoms. The van der Waals surface area contributed by atoms with E-state index in [-0.39, 0.29) is 11.3 Å². The van der Waals surface area contributed by atoms with E-state index >= 15 is 0 Å². The normalized spacial score (nSPS) is 10.1. The Kier molecular flexibility index (Phi) is 5.58. The SMILES string of the molecule is NC(=O)Cn1c(C(=O)ONNC(=O)c2ccc(F)cc2)cccc1=O. The molecule has 0 atom stereocenters. The molecule has 0 aliphatic heterocycles. The lowest BCUT2D eigenvalue weighted by atomic mass is 10.2. The highest BCUT2D eigenvalue weighted by atomic mass is 19.1. The Hall–Kier alpha value is -3.53. The van der Waals surface area contributed by atoms with E-state index in [1.807, 2.05) is 5.59 Å². The van der Waals surface area contributed by atoms with E-state index in [0.29, 0.717) is 0 Å². The molecule has 10 heteroatoms. The van der Waals surface area contributed by atoms with Crippen LogP contribution in [0, 0.1) is 5.82 Å². The number of rotatable bonds is 6. The number of benzene rings is 1. The lowest BCUT2D eigenvalue weighted by Gasteiger charge is -2.11. The van der Waals surface area contributed by atoms with Gasteiger partial charge in [-0.2, -0.15) is 0 Å². The monoisotopic (exact) mass is 348 g/mol. The Bertz CT molecular complexity index is 863. The summed E-state index contributed by atoms with van der Waals surface area (Å²) < 4.78 is 13.6. The molecule has 2 aromatic rings. The Balaban J connectivity index is 2.00. The number of hydrogen-bond donors (Lipinski definition) is 3. The molecular weight excluding hydrogens is 335 g/mol. The van der Waals surface area contributed by atoms with Crippen molar-refractivity contribution in [2.24, 2.45) is 5.73 Å². The maximum atomic E-state index is 12.8. The van der Waals surface area contributed by atoms with Crippen molar-refractivity contribution in [2.75, 3.05) is 0 Å². The minimum Gasteiger partial charge on any atom is -0.368 e. The molecule has 1 aromatic heterocycles. The molecule has 0 aliphatic rings. The molecule has 2 amide bonds. The van der Waals surface area contributed by atoms with Gasteiger partial charge in [0.2, 0.25) is 5.91 Å². The van der Waals surface area contributed by atoms with Crippen molar-refractivity contribution in [1.29, 1.82) is 0 Å². The first-order chi connectivity index (χ1) is 11.9. The molecule has 1 heterocycles. The van der Waals surface area contributed by atoms with Gasteiger partial charge >= 0.3 is 5.97 Å². The second-order valence-electron chi connectivity index (χ2n) is 4.75. The summed E-state index contributed by atoms with van der Waals surface area (Å²) in [4.78, 5) is 51.0. The van der Waals surface area contributed by atoms with Gasteiger partial charge in [0.1, 0.15) is 18.1 Å². The maximum absolute atomic E-state index is 12.8. The highest BCUT2D eigenvalue weighted by Crippen LogP contribution is 2.02. The Morgan fingerprint density at radius 2 is 1.80 bits per heavy atom. The number of carbonyl (C=O) groups excluding carboxylic acids is 3. The van der Waals surface area contributed by atoms with E-state index in [4.69, 9.17) is 5.73 Å². The summed E-state index contributed by atoms with van der Waals surface area (Å²) in [7, 11) is 0. The van der Waals surface area contributed by atoms with Crippen LogP contribution < -0.4 is 22.3 Å². The summed E-state index contributed by atoms with van der Waals surface area (Å²) in [5, 5.41) is 0. The third-order valence-corrected chi connectivity index (χ3v) is 2.99. The smallest absolute Gasteiger partial charge is 0.368 e. The second kappa shape index (κ2) is 7.84. The van der Waals surface area contributed by atoms with Crippen LogP contribution in [0.1, 0.15) is 20.8 Å². The van der Waals surface area contributed by atoms with Gasteiger partial charge in [-0.25, -0.2) is 9.18 Å². The van der Waals surface area contributed by atoms with Crippen molar-refractivity contribution < 1.29 is 23.6 Å². The molecule has 4 N–H and O–H groups in total. The molecule has 0 fully saturated rings. The van der Waals surface area contributed by atoms with Gasteiger partial charge in [-0.15, -0.1) is 0 Å². The first kappa shape index (κ1) is 17.8. The van der Waals surface area contributed by atoms with Crippen LogP contribution in [0.3, 0.4) is 0 Å². The van der Waals surface area contributed by atoms with Gasteiger partial charge in [0.25, 0.3) is 11.5 Å². The molecule has 2 rings (SSSR count). The van der Waals surface area contributed by atoms with Gasteiger partial charge < -0.3 is 10.6 Å². The minimum absolute atomic E-state index is 0.121. The van der Waals surface area contributed by atoms with Crippen LogP contribution in [0.25, 0.3) is 0 Å². The molecule has 130 valence electrons. The Morgan fingerprint density at radius 3 is 2.44 bits per heavy atom. The number of hydrogen-bond acceptors (Lipinski definition) is 6. The summed E-state index contributed by atoms with van der Waals surface area (Å²) >= 11 is 0. The highest BCUT2D eigenvalue weighted by Gasteiger charge is 2.16. The molecule has 0 radical (unpaired) electrons. The fraction of sp³-hybridized carbons (Fsp3) is 0.0667. The highest BCUT2D eigenvalue weighted by molar-refractivity contribution is 5.94. The first-order valence-electron chi connectivity index (χ1n) is 6.88. The molecular formula is C15H13FN4O5. The van der Waals surface area contributed by atoms with Gasteiger partial charge in [0.15, 0.2) is 0 Å². The summed E-state index contributed by atoms with van der Waals surface area (Å²) in [5.74, 6) is -3.04. The van der Waals surface area contributed by atoms with Crippen LogP contribution in [-0.2, 0) is 16.2 Å². The van der Waals surface area contributed by atoms with E-state index in [9.17, 15) is 23.6 Å². The Morgan fingerprint density at radius 1 is 1.12 bits per heavy atom. The second-order valence-corrected chi connectivity index (χ2v) is 4.75. The summed E-state index contributed by atoms with van der Waals surface area (Å²) in [6, 6.07) is 8.33. The van der Waals surface area contributed by atoms with Crippen LogP contribution in [-0.4, -0.2) is 22.4 Å². The zero-order valence-electron chi connectivity index (χ0n) is 12.7. The zero-order valence-corrected chi connectivity index (χ0v) is 12.7. The fourth-order valence-corrected chi connectivity index (χ4v) is 1.86. The third kappa shape index (κ3) is 4.72. The van der Waals surface area contributed by atoms with Gasteiger partial charge in [-0.05, 0) is 30.3 Å². The zero-order chi connectivity index (χ0) is 18.4. The predicted octanol–water partition coefficient (Wildman–Crippen LogP) is -0.521. The molecule has 0 saturated heterocycles. The number of hydrazine groups is 1. The number of halogens is 1.